The van der Waals surface area contributed by atoms with Gasteiger partial charge < -0.3 is 19.9 Å². The molecule has 2 amide bonds. The number of urea groups is 1. The van der Waals surface area contributed by atoms with Crippen LogP contribution in [0.2, 0.25) is 0 Å². The highest BCUT2D eigenvalue weighted by Gasteiger charge is 2.30. The number of nitrogens with one attached hydrogen (secondary N) is 1. The molecule has 126 valence electrons. The maximum atomic E-state index is 12.6. The average molecular weight is 317 g/mol. The van der Waals surface area contributed by atoms with Crippen LogP contribution in [0.5, 0.6) is 5.75 Å². The molecule has 1 aromatic rings. The van der Waals surface area contributed by atoms with Gasteiger partial charge in [0.15, 0.2) is 0 Å². The molecular formula is C18H27N3O2. The first-order valence-electron chi connectivity index (χ1n) is 8.70. The SMILES string of the molecule is COc1cccc(NC(=O)N2CCCC2CN2CCCCC2)c1. The van der Waals surface area contributed by atoms with Gasteiger partial charge >= 0.3 is 6.03 Å². The van der Waals surface area contributed by atoms with Crippen LogP contribution in [0.25, 0.3) is 0 Å². The number of benzene rings is 1. The Labute approximate surface area is 138 Å². The number of nitrogens with zero attached hydrogens (tertiary/aromatic N) is 2. The minimum Gasteiger partial charge on any atom is -0.497 e. The Balaban J connectivity index is 1.58. The molecule has 5 heteroatoms. The first-order valence-corrected chi connectivity index (χ1v) is 8.70. The molecule has 1 N–H and O–H groups in total. The van der Waals surface area contributed by atoms with Crippen LogP contribution in [-0.2, 0) is 0 Å². The van der Waals surface area contributed by atoms with Crippen molar-refractivity contribution < 1.29 is 9.53 Å². The average Bonchev–Trinajstić information content (AvgIpc) is 3.04. The molecule has 2 aliphatic rings. The van der Waals surface area contributed by atoms with Gasteiger partial charge in [-0.05, 0) is 50.9 Å². The maximum Gasteiger partial charge on any atom is 0.322 e. The molecular weight excluding hydrogens is 290 g/mol. The summed E-state index contributed by atoms with van der Waals surface area (Å²) in [6.45, 7) is 4.24. The van der Waals surface area contributed by atoms with Gasteiger partial charge in [0.25, 0.3) is 0 Å². The van der Waals surface area contributed by atoms with Crippen molar-refractivity contribution >= 4 is 11.7 Å². The van der Waals surface area contributed by atoms with Gasteiger partial charge in [0.05, 0.1) is 7.11 Å². The first kappa shape index (κ1) is 16.1. The van der Waals surface area contributed by atoms with Gasteiger partial charge in [0.2, 0.25) is 0 Å². The van der Waals surface area contributed by atoms with Crippen molar-refractivity contribution in [1.29, 1.82) is 0 Å². The van der Waals surface area contributed by atoms with E-state index in [9.17, 15) is 4.79 Å². The van der Waals surface area contributed by atoms with Crippen molar-refractivity contribution in [3.8, 4) is 5.75 Å². The Morgan fingerprint density at radius 2 is 2.04 bits per heavy atom. The van der Waals surface area contributed by atoms with E-state index in [0.29, 0.717) is 6.04 Å². The molecule has 5 nitrogen and oxygen atoms in total. The Morgan fingerprint density at radius 1 is 1.22 bits per heavy atom. The highest BCUT2D eigenvalue weighted by atomic mass is 16.5. The van der Waals surface area contributed by atoms with Gasteiger partial charge in [0, 0.05) is 30.9 Å². The Bertz CT molecular complexity index is 529. The molecule has 2 aliphatic heterocycles. The Morgan fingerprint density at radius 3 is 2.83 bits per heavy atom. The topological polar surface area (TPSA) is 44.8 Å². The van der Waals surface area contributed by atoms with E-state index in [2.05, 4.69) is 10.2 Å². The summed E-state index contributed by atoms with van der Waals surface area (Å²) in [5.41, 5.74) is 0.790. The number of hydrogen-bond acceptors (Lipinski definition) is 3. The fourth-order valence-corrected chi connectivity index (χ4v) is 3.63. The second kappa shape index (κ2) is 7.68. The zero-order valence-corrected chi connectivity index (χ0v) is 14.0. The van der Waals surface area contributed by atoms with E-state index < -0.39 is 0 Å². The van der Waals surface area contributed by atoms with Crippen molar-refractivity contribution in [2.45, 2.75) is 38.1 Å². The largest absolute Gasteiger partial charge is 0.497 e. The van der Waals surface area contributed by atoms with Gasteiger partial charge in [-0.1, -0.05) is 12.5 Å². The standard InChI is InChI=1S/C18H27N3O2/c1-23-17-9-5-7-15(13-17)19-18(22)21-12-6-8-16(21)14-20-10-3-2-4-11-20/h5,7,9,13,16H,2-4,6,8,10-12,14H2,1H3,(H,19,22). The Kier molecular flexibility index (Phi) is 5.39. The highest BCUT2D eigenvalue weighted by Crippen LogP contribution is 2.22. The van der Waals surface area contributed by atoms with Gasteiger partial charge in [0.1, 0.15) is 5.75 Å². The van der Waals surface area contributed by atoms with Crippen LogP contribution < -0.4 is 10.1 Å². The fourth-order valence-electron chi connectivity index (χ4n) is 3.63. The normalized spacial score (nSPS) is 22.1. The maximum absolute atomic E-state index is 12.6. The number of anilines is 1. The van der Waals surface area contributed by atoms with E-state index in [1.807, 2.05) is 29.2 Å². The number of amides is 2. The lowest BCUT2D eigenvalue weighted by Gasteiger charge is -2.33. The van der Waals surface area contributed by atoms with Gasteiger partial charge in [-0.2, -0.15) is 0 Å². The molecule has 1 aromatic carbocycles. The van der Waals surface area contributed by atoms with Crippen LogP contribution in [0.3, 0.4) is 0 Å². The minimum atomic E-state index is 0.0118. The third-order valence-electron chi connectivity index (χ3n) is 4.88. The van der Waals surface area contributed by atoms with Crippen molar-refractivity contribution in [3.63, 3.8) is 0 Å². The number of likely N-dealkylation sites (tertiary alicyclic amines) is 2. The van der Waals surface area contributed by atoms with Gasteiger partial charge in [-0.15, -0.1) is 0 Å². The zero-order valence-electron chi connectivity index (χ0n) is 14.0. The molecule has 0 bridgehead atoms. The van der Waals surface area contributed by atoms with Gasteiger partial charge in [-0.25, -0.2) is 4.79 Å². The number of piperidine rings is 1. The van der Waals surface area contributed by atoms with E-state index in [4.69, 9.17) is 4.74 Å². The number of carbonyl (C=O) groups is 1. The molecule has 0 aromatic heterocycles. The predicted octanol–water partition coefficient (Wildman–Crippen LogP) is 3.18. The van der Waals surface area contributed by atoms with Crippen LogP contribution in [0.1, 0.15) is 32.1 Å². The van der Waals surface area contributed by atoms with Crippen LogP contribution >= 0.6 is 0 Å². The number of hydrogen-bond donors (Lipinski definition) is 1. The van der Waals surface area contributed by atoms with Gasteiger partial charge in [-0.3, -0.25) is 0 Å². The lowest BCUT2D eigenvalue weighted by molar-refractivity contribution is 0.161. The quantitative estimate of drug-likeness (QED) is 0.927. The number of rotatable bonds is 4. The monoisotopic (exact) mass is 317 g/mol. The third-order valence-corrected chi connectivity index (χ3v) is 4.88. The molecule has 0 radical (unpaired) electrons. The smallest absolute Gasteiger partial charge is 0.322 e. The fraction of sp³-hybridized carbons (Fsp3) is 0.611. The molecule has 23 heavy (non-hydrogen) atoms. The highest BCUT2D eigenvalue weighted by molar-refractivity contribution is 5.90. The van der Waals surface area contributed by atoms with E-state index in [1.54, 1.807) is 7.11 Å². The summed E-state index contributed by atoms with van der Waals surface area (Å²) in [6.07, 6.45) is 6.15. The summed E-state index contributed by atoms with van der Waals surface area (Å²) in [6, 6.07) is 7.88. The van der Waals surface area contributed by atoms with E-state index in [1.165, 1.54) is 32.4 Å². The summed E-state index contributed by atoms with van der Waals surface area (Å²) in [5, 5.41) is 3.01. The molecule has 0 aliphatic carbocycles. The number of carbonyl (C=O) groups excluding carboxylic acids is 1. The lowest BCUT2D eigenvalue weighted by atomic mass is 10.1. The zero-order chi connectivity index (χ0) is 16.1. The molecule has 3 rings (SSSR count). The second-order valence-electron chi connectivity index (χ2n) is 6.51. The van der Waals surface area contributed by atoms with Crippen molar-refractivity contribution in [1.82, 2.24) is 9.80 Å². The predicted molar refractivity (Wildman–Crippen MR) is 92.0 cm³/mol. The van der Waals surface area contributed by atoms with E-state index in [0.717, 1.165) is 37.4 Å². The number of methoxy groups -OCH3 is 1. The summed E-state index contributed by atoms with van der Waals surface area (Å²) in [4.78, 5) is 17.1. The molecule has 2 heterocycles. The van der Waals surface area contributed by atoms with E-state index in [-0.39, 0.29) is 6.03 Å². The minimum absolute atomic E-state index is 0.0118. The van der Waals surface area contributed by atoms with Crippen molar-refractivity contribution in [2.75, 3.05) is 38.6 Å². The van der Waals surface area contributed by atoms with Crippen molar-refractivity contribution in [2.24, 2.45) is 0 Å². The van der Waals surface area contributed by atoms with Crippen molar-refractivity contribution in [3.05, 3.63) is 24.3 Å². The van der Waals surface area contributed by atoms with Crippen LogP contribution in [0, 0.1) is 0 Å². The lowest BCUT2D eigenvalue weighted by Crippen LogP contribution is -2.46. The van der Waals surface area contributed by atoms with Crippen LogP contribution in [0.15, 0.2) is 24.3 Å². The third kappa shape index (κ3) is 4.16. The van der Waals surface area contributed by atoms with Crippen LogP contribution in [-0.4, -0.2) is 55.2 Å². The molecule has 1 atom stereocenters. The van der Waals surface area contributed by atoms with E-state index >= 15 is 0 Å². The summed E-state index contributed by atoms with van der Waals surface area (Å²) < 4.78 is 5.21. The molecule has 2 saturated heterocycles. The number of ether oxygens (including phenoxy) is 1. The molecule has 0 saturated carbocycles. The molecule has 1 unspecified atom stereocenters. The molecule has 0 spiro atoms. The molecule has 2 fully saturated rings. The summed E-state index contributed by atoms with van der Waals surface area (Å²) >= 11 is 0. The summed E-state index contributed by atoms with van der Waals surface area (Å²) in [7, 11) is 1.63. The van der Waals surface area contributed by atoms with Crippen LogP contribution in [0.4, 0.5) is 10.5 Å². The Hall–Kier alpha value is -1.75. The summed E-state index contributed by atoms with van der Waals surface area (Å²) in [5.74, 6) is 0.758. The second-order valence-corrected chi connectivity index (χ2v) is 6.51. The first-order chi connectivity index (χ1) is 11.3.